The summed E-state index contributed by atoms with van der Waals surface area (Å²) in [5.41, 5.74) is 0.146. The van der Waals surface area contributed by atoms with Gasteiger partial charge in [-0.05, 0) is 48.1 Å². The Morgan fingerprint density at radius 3 is 2.75 bits per heavy atom. The number of hydrogen-bond acceptors (Lipinski definition) is 3. The fourth-order valence-electron chi connectivity index (χ4n) is 1.14. The molecule has 88 valence electrons. The zero-order valence-electron chi connectivity index (χ0n) is 8.76. The van der Waals surface area contributed by atoms with E-state index >= 15 is 0 Å². The summed E-state index contributed by atoms with van der Waals surface area (Å²) in [6.07, 6.45) is -2.69. The molecular weight excluding hydrogens is 331 g/mol. The molecule has 0 aliphatic rings. The number of nitrogens with zero attached hydrogens (tertiary/aromatic N) is 1. The van der Waals surface area contributed by atoms with E-state index in [1.165, 1.54) is 6.07 Å². The Kier molecular flexibility index (Phi) is 4.57. The molecule has 6 heteroatoms. The zero-order valence-corrected chi connectivity index (χ0v) is 10.9. The summed E-state index contributed by atoms with van der Waals surface area (Å²) in [5.74, 6) is -0.677. The Labute approximate surface area is 105 Å². The van der Waals surface area contributed by atoms with Crippen molar-refractivity contribution in [1.29, 1.82) is 0 Å². The van der Waals surface area contributed by atoms with Crippen LogP contribution < -0.4 is 0 Å². The number of alkyl halides is 2. The van der Waals surface area contributed by atoms with Gasteiger partial charge in [-0.2, -0.15) is 0 Å². The monoisotopic (exact) mass is 341 g/mol. The number of carbonyl (C=O) groups excluding carboxylic acids is 1. The Morgan fingerprint density at radius 1 is 1.62 bits per heavy atom. The topological polar surface area (TPSA) is 39.2 Å². The van der Waals surface area contributed by atoms with E-state index in [-0.39, 0.29) is 18.0 Å². The molecule has 0 aliphatic heterocycles. The molecule has 0 saturated carbocycles. The van der Waals surface area contributed by atoms with Crippen molar-refractivity contribution in [3.63, 3.8) is 0 Å². The quantitative estimate of drug-likeness (QED) is 0.627. The van der Waals surface area contributed by atoms with E-state index in [1.54, 1.807) is 36.4 Å². The van der Waals surface area contributed by atoms with Crippen molar-refractivity contribution < 1.29 is 18.3 Å². The van der Waals surface area contributed by atoms with Crippen LogP contribution >= 0.6 is 22.6 Å². The van der Waals surface area contributed by atoms with Crippen LogP contribution in [0.2, 0.25) is 0 Å². The highest BCUT2D eigenvalue weighted by atomic mass is 127. The van der Waals surface area contributed by atoms with Crippen LogP contribution in [0, 0.1) is 10.5 Å². The molecule has 0 bridgehead atoms. The molecule has 0 aromatic carbocycles. The molecule has 3 nitrogen and oxygen atoms in total. The summed E-state index contributed by atoms with van der Waals surface area (Å²) in [6.45, 7) is 3.49. The van der Waals surface area contributed by atoms with Crippen LogP contribution in [0.4, 0.5) is 8.78 Å². The molecule has 0 fully saturated rings. The minimum atomic E-state index is -2.69. The minimum absolute atomic E-state index is 0.0740. The summed E-state index contributed by atoms with van der Waals surface area (Å²) in [7, 11) is 0. The van der Waals surface area contributed by atoms with Crippen LogP contribution in [0.15, 0.2) is 6.07 Å². The molecule has 0 aliphatic carbocycles. The molecule has 1 aromatic heterocycles. The van der Waals surface area contributed by atoms with Crippen LogP contribution in [0.1, 0.15) is 35.1 Å². The highest BCUT2D eigenvalue weighted by molar-refractivity contribution is 14.1. The molecule has 1 heterocycles. The molecule has 16 heavy (non-hydrogen) atoms. The molecule has 0 amide bonds. The first-order valence-electron chi connectivity index (χ1n) is 4.59. The Morgan fingerprint density at radius 2 is 2.25 bits per heavy atom. The molecule has 0 radical (unpaired) electrons. The molecule has 0 atom stereocenters. The SMILES string of the molecule is CCOC(=O)c1cc(C)c(I)c(C(F)F)n1. The van der Waals surface area contributed by atoms with Gasteiger partial charge in [0.05, 0.1) is 6.61 Å². The lowest BCUT2D eigenvalue weighted by Crippen LogP contribution is -2.10. The number of esters is 1. The molecule has 0 N–H and O–H groups in total. The number of hydrogen-bond donors (Lipinski definition) is 0. The first kappa shape index (κ1) is 13.3. The van der Waals surface area contributed by atoms with E-state index in [0.29, 0.717) is 9.13 Å². The molecular formula is C10H10F2INO2. The van der Waals surface area contributed by atoms with E-state index in [1.807, 2.05) is 0 Å². The summed E-state index contributed by atoms with van der Waals surface area (Å²) < 4.78 is 30.3. The van der Waals surface area contributed by atoms with Gasteiger partial charge in [-0.15, -0.1) is 0 Å². The lowest BCUT2D eigenvalue weighted by Gasteiger charge is -2.08. The van der Waals surface area contributed by atoms with Crippen molar-refractivity contribution in [1.82, 2.24) is 4.98 Å². The maximum atomic E-state index is 12.6. The van der Waals surface area contributed by atoms with Gasteiger partial charge in [0.1, 0.15) is 11.4 Å². The lowest BCUT2D eigenvalue weighted by atomic mass is 10.2. The summed E-state index contributed by atoms with van der Waals surface area (Å²) in [5, 5.41) is 0. The first-order chi connectivity index (χ1) is 7.47. The lowest BCUT2D eigenvalue weighted by molar-refractivity contribution is 0.0517. The maximum absolute atomic E-state index is 12.6. The van der Waals surface area contributed by atoms with Gasteiger partial charge in [0.25, 0.3) is 6.43 Å². The minimum Gasteiger partial charge on any atom is -0.461 e. The highest BCUT2D eigenvalue weighted by Crippen LogP contribution is 2.25. The second kappa shape index (κ2) is 5.51. The maximum Gasteiger partial charge on any atom is 0.356 e. The standard InChI is InChI=1S/C10H10F2INO2/c1-3-16-10(15)6-4-5(2)7(13)8(14-6)9(11)12/h4,9H,3H2,1-2H3. The number of pyridine rings is 1. The van der Waals surface area contributed by atoms with Gasteiger partial charge in [0.2, 0.25) is 0 Å². The van der Waals surface area contributed by atoms with E-state index in [2.05, 4.69) is 4.98 Å². The smallest absolute Gasteiger partial charge is 0.356 e. The summed E-state index contributed by atoms with van der Waals surface area (Å²) in [6, 6.07) is 1.45. The van der Waals surface area contributed by atoms with Crippen molar-refractivity contribution in [2.45, 2.75) is 20.3 Å². The van der Waals surface area contributed by atoms with Gasteiger partial charge in [0, 0.05) is 3.57 Å². The van der Waals surface area contributed by atoms with Crippen molar-refractivity contribution in [2.75, 3.05) is 6.61 Å². The fourth-order valence-corrected chi connectivity index (χ4v) is 1.65. The number of rotatable bonds is 3. The van der Waals surface area contributed by atoms with Gasteiger partial charge in [0.15, 0.2) is 0 Å². The van der Waals surface area contributed by atoms with E-state index in [4.69, 9.17) is 4.74 Å². The van der Waals surface area contributed by atoms with Gasteiger partial charge < -0.3 is 4.74 Å². The number of carbonyl (C=O) groups is 1. The second-order valence-electron chi connectivity index (χ2n) is 3.04. The molecule has 1 rings (SSSR count). The predicted molar refractivity (Wildman–Crippen MR) is 62.6 cm³/mol. The molecule has 0 unspecified atom stereocenters. The van der Waals surface area contributed by atoms with Crippen LogP contribution in [-0.4, -0.2) is 17.6 Å². The fraction of sp³-hybridized carbons (Fsp3) is 0.400. The van der Waals surface area contributed by atoms with Gasteiger partial charge >= 0.3 is 5.97 Å². The van der Waals surface area contributed by atoms with Crippen LogP contribution in [0.5, 0.6) is 0 Å². The van der Waals surface area contributed by atoms with Crippen LogP contribution in [0.25, 0.3) is 0 Å². The van der Waals surface area contributed by atoms with Crippen molar-refractivity contribution >= 4 is 28.6 Å². The highest BCUT2D eigenvalue weighted by Gasteiger charge is 2.19. The number of aryl methyl sites for hydroxylation is 1. The normalized spacial score (nSPS) is 10.6. The third kappa shape index (κ3) is 2.87. The second-order valence-corrected chi connectivity index (χ2v) is 4.12. The van der Waals surface area contributed by atoms with E-state index < -0.39 is 12.4 Å². The summed E-state index contributed by atoms with van der Waals surface area (Å²) in [4.78, 5) is 15.0. The average molecular weight is 341 g/mol. The van der Waals surface area contributed by atoms with Crippen molar-refractivity contribution in [3.8, 4) is 0 Å². The molecule has 0 spiro atoms. The predicted octanol–water partition coefficient (Wildman–Crippen LogP) is 3.11. The largest absolute Gasteiger partial charge is 0.461 e. The van der Waals surface area contributed by atoms with Crippen LogP contribution in [0.3, 0.4) is 0 Å². The number of halogens is 3. The van der Waals surface area contributed by atoms with E-state index in [9.17, 15) is 13.6 Å². The molecule has 1 aromatic rings. The number of ether oxygens (including phenoxy) is 1. The Bertz CT molecular complexity index is 410. The summed E-state index contributed by atoms with van der Waals surface area (Å²) >= 11 is 1.79. The zero-order chi connectivity index (χ0) is 12.3. The average Bonchev–Trinajstić information content (AvgIpc) is 2.21. The number of aromatic nitrogens is 1. The van der Waals surface area contributed by atoms with Gasteiger partial charge in [-0.1, -0.05) is 0 Å². The van der Waals surface area contributed by atoms with Gasteiger partial charge in [-0.25, -0.2) is 18.6 Å². The van der Waals surface area contributed by atoms with Crippen LogP contribution in [-0.2, 0) is 4.74 Å². The van der Waals surface area contributed by atoms with E-state index in [0.717, 1.165) is 0 Å². The Balaban J connectivity index is 3.18. The van der Waals surface area contributed by atoms with Crippen molar-refractivity contribution in [3.05, 3.63) is 26.6 Å². The Hall–Kier alpha value is -0.790. The third-order valence-corrected chi connectivity index (χ3v) is 3.26. The van der Waals surface area contributed by atoms with Crippen molar-refractivity contribution in [2.24, 2.45) is 0 Å². The first-order valence-corrected chi connectivity index (χ1v) is 5.67. The van der Waals surface area contributed by atoms with Gasteiger partial charge in [-0.3, -0.25) is 0 Å². The third-order valence-electron chi connectivity index (χ3n) is 1.86. The molecule has 0 saturated heterocycles.